The summed E-state index contributed by atoms with van der Waals surface area (Å²) in [5.41, 5.74) is 6.73. The van der Waals surface area contributed by atoms with Crippen molar-refractivity contribution in [2.45, 2.75) is 0 Å². The number of imidazole rings is 1. The Morgan fingerprint density at radius 3 is 2.10 bits per heavy atom. The third kappa shape index (κ3) is 2.78. The summed E-state index contributed by atoms with van der Waals surface area (Å²) in [6.45, 7) is 0. The molecular formula is C35H21N3S. The maximum absolute atomic E-state index is 4.99. The van der Waals surface area contributed by atoms with E-state index in [1.54, 1.807) is 0 Å². The third-order valence-corrected chi connectivity index (χ3v) is 9.17. The summed E-state index contributed by atoms with van der Waals surface area (Å²) in [6.07, 6.45) is 1.94. The van der Waals surface area contributed by atoms with Crippen molar-refractivity contribution < 1.29 is 0 Å². The molecule has 3 nitrogen and oxygen atoms in total. The minimum absolute atomic E-state index is 0.990. The molecule has 182 valence electrons. The summed E-state index contributed by atoms with van der Waals surface area (Å²) in [5.74, 6) is 0. The van der Waals surface area contributed by atoms with Crippen LogP contribution in [0.3, 0.4) is 0 Å². The van der Waals surface area contributed by atoms with E-state index in [-0.39, 0.29) is 0 Å². The van der Waals surface area contributed by atoms with Crippen molar-refractivity contribution in [3.8, 4) is 11.4 Å². The van der Waals surface area contributed by atoms with Gasteiger partial charge >= 0.3 is 0 Å². The molecule has 0 aliphatic rings. The Morgan fingerprint density at radius 2 is 1.23 bits per heavy atom. The molecule has 0 aliphatic carbocycles. The van der Waals surface area contributed by atoms with Crippen molar-refractivity contribution in [3.63, 3.8) is 0 Å². The third-order valence-electron chi connectivity index (χ3n) is 7.98. The molecule has 0 N–H and O–H groups in total. The number of thiophene rings is 1. The SMILES string of the molecule is c1ccc(-n2cnc3c(-n4c5ccccc5c5c6sc7ccccc7c6c6ccccc6c54)cccc32)cc1. The molecule has 0 atom stereocenters. The van der Waals surface area contributed by atoms with E-state index in [1.165, 1.54) is 52.8 Å². The summed E-state index contributed by atoms with van der Waals surface area (Å²) in [6, 6.07) is 43.5. The zero-order valence-corrected chi connectivity index (χ0v) is 21.7. The lowest BCUT2D eigenvalue weighted by Gasteiger charge is -2.12. The van der Waals surface area contributed by atoms with Gasteiger partial charge in [0.1, 0.15) is 11.8 Å². The van der Waals surface area contributed by atoms with Crippen LogP contribution in [0.4, 0.5) is 0 Å². The molecular weight excluding hydrogens is 494 g/mol. The fourth-order valence-corrected chi connectivity index (χ4v) is 7.65. The number of hydrogen-bond acceptors (Lipinski definition) is 2. The standard InChI is InChI=1S/C35H21N3S/c1-2-11-22(12-3-1)37-21-36-33-28(37)18-10-19-29(33)38-27-17-8-6-15-25(27)32-34(38)24-14-5-4-13-23(24)31-26-16-7-9-20-30(26)39-35(31)32/h1-21H. The molecule has 0 saturated carbocycles. The van der Waals surface area contributed by atoms with Crippen LogP contribution in [0.15, 0.2) is 128 Å². The van der Waals surface area contributed by atoms with Crippen molar-refractivity contribution in [1.29, 1.82) is 0 Å². The van der Waals surface area contributed by atoms with Gasteiger partial charge in [0.25, 0.3) is 0 Å². The molecule has 3 aromatic heterocycles. The van der Waals surface area contributed by atoms with Gasteiger partial charge in [0, 0.05) is 42.0 Å². The first-order chi connectivity index (χ1) is 19.4. The van der Waals surface area contributed by atoms with Crippen LogP contribution in [-0.2, 0) is 0 Å². The summed E-state index contributed by atoms with van der Waals surface area (Å²) in [5, 5.41) is 7.83. The number of aromatic nitrogens is 3. The molecule has 6 aromatic carbocycles. The Morgan fingerprint density at radius 1 is 0.538 bits per heavy atom. The quantitative estimate of drug-likeness (QED) is 0.225. The summed E-state index contributed by atoms with van der Waals surface area (Å²) in [4.78, 5) is 4.99. The molecule has 0 amide bonds. The first kappa shape index (κ1) is 21.1. The maximum atomic E-state index is 4.99. The van der Waals surface area contributed by atoms with E-state index in [2.05, 4.69) is 124 Å². The Balaban J connectivity index is 1.51. The van der Waals surface area contributed by atoms with Crippen LogP contribution < -0.4 is 0 Å². The van der Waals surface area contributed by atoms with Gasteiger partial charge in [0.2, 0.25) is 0 Å². The van der Waals surface area contributed by atoms with E-state index in [9.17, 15) is 0 Å². The molecule has 0 spiro atoms. The lowest BCUT2D eigenvalue weighted by atomic mass is 10.00. The van der Waals surface area contributed by atoms with Gasteiger partial charge in [-0.15, -0.1) is 11.3 Å². The highest BCUT2D eigenvalue weighted by Crippen LogP contribution is 2.48. The Bertz CT molecular complexity index is 2390. The Labute approximate surface area is 227 Å². The monoisotopic (exact) mass is 515 g/mol. The number of hydrogen-bond donors (Lipinski definition) is 0. The number of nitrogens with zero attached hydrogens (tertiary/aromatic N) is 3. The Kier molecular flexibility index (Phi) is 4.21. The molecule has 0 unspecified atom stereocenters. The van der Waals surface area contributed by atoms with Crippen LogP contribution in [-0.4, -0.2) is 14.1 Å². The number of fused-ring (bicyclic) bond motifs is 11. The van der Waals surface area contributed by atoms with Crippen molar-refractivity contribution in [3.05, 3.63) is 128 Å². The minimum Gasteiger partial charge on any atom is -0.306 e. The Hall–Kier alpha value is -4.93. The molecule has 0 fully saturated rings. The van der Waals surface area contributed by atoms with E-state index in [0.717, 1.165) is 22.4 Å². The molecule has 0 radical (unpaired) electrons. The lowest BCUT2D eigenvalue weighted by Crippen LogP contribution is -1.97. The molecule has 4 heteroatoms. The minimum atomic E-state index is 0.990. The second-order valence-electron chi connectivity index (χ2n) is 10.0. The van der Waals surface area contributed by atoms with Crippen LogP contribution >= 0.6 is 11.3 Å². The zero-order valence-electron chi connectivity index (χ0n) is 20.9. The molecule has 9 aromatic rings. The second kappa shape index (κ2) is 7.79. The first-order valence-electron chi connectivity index (χ1n) is 13.2. The highest BCUT2D eigenvalue weighted by molar-refractivity contribution is 7.27. The van der Waals surface area contributed by atoms with Crippen molar-refractivity contribution in [2.24, 2.45) is 0 Å². The summed E-state index contributed by atoms with van der Waals surface area (Å²) >= 11 is 1.90. The van der Waals surface area contributed by atoms with E-state index >= 15 is 0 Å². The predicted octanol–water partition coefficient (Wildman–Crippen LogP) is 9.64. The van der Waals surface area contributed by atoms with Crippen LogP contribution in [0.5, 0.6) is 0 Å². The average molecular weight is 516 g/mol. The highest BCUT2D eigenvalue weighted by Gasteiger charge is 2.22. The predicted molar refractivity (Wildman–Crippen MR) is 166 cm³/mol. The van der Waals surface area contributed by atoms with E-state index in [1.807, 2.05) is 23.7 Å². The van der Waals surface area contributed by atoms with Crippen molar-refractivity contribution >= 4 is 75.1 Å². The average Bonchev–Trinajstić information content (AvgIpc) is 3.70. The van der Waals surface area contributed by atoms with E-state index in [4.69, 9.17) is 4.98 Å². The number of rotatable bonds is 2. The molecule has 0 bridgehead atoms. The topological polar surface area (TPSA) is 22.8 Å². The normalized spacial score (nSPS) is 12.1. The molecule has 0 saturated heterocycles. The van der Waals surface area contributed by atoms with Crippen LogP contribution in [0.1, 0.15) is 0 Å². The molecule has 9 rings (SSSR count). The lowest BCUT2D eigenvalue weighted by molar-refractivity contribution is 1.09. The van der Waals surface area contributed by atoms with Gasteiger partial charge in [-0.25, -0.2) is 4.98 Å². The van der Waals surface area contributed by atoms with Gasteiger partial charge < -0.3 is 4.57 Å². The fraction of sp³-hybridized carbons (Fsp3) is 0. The highest BCUT2D eigenvalue weighted by atomic mass is 32.1. The number of benzene rings is 6. The fourth-order valence-electron chi connectivity index (χ4n) is 6.37. The van der Waals surface area contributed by atoms with Gasteiger partial charge in [0.15, 0.2) is 0 Å². The van der Waals surface area contributed by atoms with Gasteiger partial charge in [-0.3, -0.25) is 4.57 Å². The van der Waals surface area contributed by atoms with Crippen LogP contribution in [0, 0.1) is 0 Å². The second-order valence-corrected chi connectivity index (χ2v) is 11.1. The van der Waals surface area contributed by atoms with Gasteiger partial charge in [-0.05, 0) is 41.8 Å². The summed E-state index contributed by atoms with van der Waals surface area (Å²) < 4.78 is 7.30. The van der Waals surface area contributed by atoms with E-state index in [0.29, 0.717) is 0 Å². The van der Waals surface area contributed by atoms with Gasteiger partial charge in [-0.1, -0.05) is 84.9 Å². The largest absolute Gasteiger partial charge is 0.306 e. The molecule has 0 aliphatic heterocycles. The smallest absolute Gasteiger partial charge is 0.113 e. The van der Waals surface area contributed by atoms with Gasteiger partial charge in [0.05, 0.1) is 22.2 Å². The molecule has 39 heavy (non-hydrogen) atoms. The summed E-state index contributed by atoms with van der Waals surface area (Å²) in [7, 11) is 0. The zero-order chi connectivity index (χ0) is 25.5. The van der Waals surface area contributed by atoms with E-state index < -0.39 is 0 Å². The molecule has 3 heterocycles. The first-order valence-corrected chi connectivity index (χ1v) is 14.0. The van der Waals surface area contributed by atoms with Crippen LogP contribution in [0.2, 0.25) is 0 Å². The van der Waals surface area contributed by atoms with Crippen molar-refractivity contribution in [1.82, 2.24) is 14.1 Å². The van der Waals surface area contributed by atoms with Crippen LogP contribution in [0.25, 0.3) is 75.2 Å². The van der Waals surface area contributed by atoms with Gasteiger partial charge in [-0.2, -0.15) is 0 Å². The van der Waals surface area contributed by atoms with Crippen molar-refractivity contribution in [2.75, 3.05) is 0 Å². The maximum Gasteiger partial charge on any atom is 0.113 e. The number of para-hydroxylation sites is 3.